The second-order valence-corrected chi connectivity index (χ2v) is 3.50. The molecule has 0 radical (unpaired) electrons. The quantitative estimate of drug-likeness (QED) is 0.824. The van der Waals surface area contributed by atoms with Gasteiger partial charge >= 0.3 is 0 Å². The van der Waals surface area contributed by atoms with Crippen LogP contribution >= 0.6 is 15.9 Å². The molecule has 0 aromatic heterocycles. The fourth-order valence-corrected chi connectivity index (χ4v) is 1.22. The molecule has 2 N–H and O–H groups in total. The third kappa shape index (κ3) is 2.47. The van der Waals surface area contributed by atoms with Crippen LogP contribution in [0, 0.1) is 6.92 Å². The first kappa shape index (κ1) is 9.49. The maximum absolute atomic E-state index is 5.35. The topological polar surface area (TPSA) is 26.0 Å². The van der Waals surface area contributed by atoms with Gasteiger partial charge in [0.2, 0.25) is 0 Å². The Morgan fingerprint density at radius 2 is 2.25 bits per heavy atom. The third-order valence-electron chi connectivity index (χ3n) is 1.63. The Kier molecular flexibility index (Phi) is 3.50. The molecule has 1 aromatic rings. The first-order valence-corrected chi connectivity index (χ1v) is 4.66. The highest BCUT2D eigenvalue weighted by atomic mass is 79.9. The number of hydrogen-bond acceptors (Lipinski definition) is 1. The van der Waals surface area contributed by atoms with Crippen molar-refractivity contribution in [2.24, 2.45) is 5.73 Å². The predicted octanol–water partition coefficient (Wildman–Crippen LogP) is 2.73. The zero-order valence-electron chi connectivity index (χ0n) is 7.05. The van der Waals surface area contributed by atoms with E-state index in [1.165, 1.54) is 11.1 Å². The molecule has 1 rings (SSSR count). The van der Waals surface area contributed by atoms with E-state index in [9.17, 15) is 0 Å². The smallest absolute Gasteiger partial charge is 0.0204 e. The molecule has 0 aliphatic heterocycles. The van der Waals surface area contributed by atoms with Gasteiger partial charge in [0.25, 0.3) is 0 Å². The lowest BCUT2D eigenvalue weighted by Crippen LogP contribution is -1.91. The fourth-order valence-electron chi connectivity index (χ4n) is 0.976. The summed E-state index contributed by atoms with van der Waals surface area (Å²) in [6.45, 7) is 2.67. The van der Waals surface area contributed by atoms with E-state index in [0.717, 1.165) is 4.47 Å². The van der Waals surface area contributed by atoms with Crippen LogP contribution in [0.2, 0.25) is 0 Å². The van der Waals surface area contributed by atoms with E-state index in [2.05, 4.69) is 35.0 Å². The molecule has 0 unspecified atom stereocenters. The van der Waals surface area contributed by atoms with E-state index in [4.69, 9.17) is 5.73 Å². The third-order valence-corrected chi connectivity index (χ3v) is 2.52. The van der Waals surface area contributed by atoms with E-state index < -0.39 is 0 Å². The normalized spacial score (nSPS) is 10.9. The molecule has 1 nitrogen and oxygen atoms in total. The molecule has 12 heavy (non-hydrogen) atoms. The summed E-state index contributed by atoms with van der Waals surface area (Å²) < 4.78 is 1.15. The van der Waals surface area contributed by atoms with Crippen molar-refractivity contribution in [2.45, 2.75) is 6.92 Å². The van der Waals surface area contributed by atoms with Crippen LogP contribution in [0.4, 0.5) is 0 Å². The van der Waals surface area contributed by atoms with E-state index in [1.807, 2.05) is 18.2 Å². The van der Waals surface area contributed by atoms with Gasteiger partial charge in [-0.15, -0.1) is 0 Å². The van der Waals surface area contributed by atoms with Gasteiger partial charge in [0.1, 0.15) is 0 Å². The van der Waals surface area contributed by atoms with Gasteiger partial charge in [-0.3, -0.25) is 0 Å². The van der Waals surface area contributed by atoms with Crippen LogP contribution in [0.15, 0.2) is 28.7 Å². The molecule has 2 heteroatoms. The lowest BCUT2D eigenvalue weighted by Gasteiger charge is -1.98. The Morgan fingerprint density at radius 3 is 2.83 bits per heavy atom. The maximum atomic E-state index is 5.35. The summed E-state index contributed by atoms with van der Waals surface area (Å²) in [5.74, 6) is 0. The molecule has 0 saturated heterocycles. The molecule has 0 aliphatic rings. The molecule has 0 aliphatic carbocycles. The van der Waals surface area contributed by atoms with Gasteiger partial charge in [0.05, 0.1) is 0 Å². The predicted molar refractivity (Wildman–Crippen MR) is 57.0 cm³/mol. The highest BCUT2D eigenvalue weighted by Crippen LogP contribution is 2.17. The summed E-state index contributed by atoms with van der Waals surface area (Å²) in [6, 6.07) is 6.23. The van der Waals surface area contributed by atoms with Crippen molar-refractivity contribution < 1.29 is 0 Å². The standard InChI is InChI=1S/C10H12BrN/c1-8-7-9(3-2-6-12)4-5-10(8)11/h2-5,7H,6,12H2,1H3/b3-2+. The van der Waals surface area contributed by atoms with Crippen molar-refractivity contribution in [3.8, 4) is 0 Å². The highest BCUT2D eigenvalue weighted by molar-refractivity contribution is 9.10. The van der Waals surface area contributed by atoms with Gasteiger partial charge in [0.15, 0.2) is 0 Å². The number of aryl methyl sites for hydroxylation is 1. The van der Waals surface area contributed by atoms with Crippen LogP contribution in [0.5, 0.6) is 0 Å². The van der Waals surface area contributed by atoms with Crippen LogP contribution < -0.4 is 5.73 Å². The van der Waals surface area contributed by atoms with E-state index in [1.54, 1.807) is 0 Å². The second-order valence-electron chi connectivity index (χ2n) is 2.65. The van der Waals surface area contributed by atoms with Gasteiger partial charge in [-0.1, -0.05) is 40.2 Å². The molecular formula is C10H12BrN. The van der Waals surface area contributed by atoms with Crippen LogP contribution in [-0.2, 0) is 0 Å². The maximum Gasteiger partial charge on any atom is 0.0204 e. The van der Waals surface area contributed by atoms with Gasteiger partial charge in [-0.2, -0.15) is 0 Å². The van der Waals surface area contributed by atoms with E-state index in [-0.39, 0.29) is 0 Å². The molecule has 0 saturated carbocycles. The molecule has 0 heterocycles. The van der Waals surface area contributed by atoms with Gasteiger partial charge in [-0.05, 0) is 24.1 Å². The first-order chi connectivity index (χ1) is 5.74. The van der Waals surface area contributed by atoms with Crippen LogP contribution in [-0.4, -0.2) is 6.54 Å². The molecule has 1 aromatic carbocycles. The second kappa shape index (κ2) is 4.43. The monoisotopic (exact) mass is 225 g/mol. The Balaban J connectivity index is 2.89. The van der Waals surface area contributed by atoms with Crippen molar-refractivity contribution in [3.63, 3.8) is 0 Å². The SMILES string of the molecule is Cc1cc(/C=C/CN)ccc1Br. The minimum absolute atomic E-state index is 0.592. The number of hydrogen-bond donors (Lipinski definition) is 1. The summed E-state index contributed by atoms with van der Waals surface area (Å²) >= 11 is 3.45. The average Bonchev–Trinajstić information content (AvgIpc) is 2.07. The molecule has 0 bridgehead atoms. The molecule has 0 fully saturated rings. The number of benzene rings is 1. The molecular weight excluding hydrogens is 214 g/mol. The van der Waals surface area contributed by atoms with Crippen LogP contribution in [0.1, 0.15) is 11.1 Å². The summed E-state index contributed by atoms with van der Waals surface area (Å²) in [5.41, 5.74) is 7.79. The Bertz CT molecular complexity index is 292. The Morgan fingerprint density at radius 1 is 1.50 bits per heavy atom. The van der Waals surface area contributed by atoms with E-state index in [0.29, 0.717) is 6.54 Å². The fraction of sp³-hybridized carbons (Fsp3) is 0.200. The summed E-state index contributed by atoms with van der Waals surface area (Å²) in [6.07, 6.45) is 3.97. The minimum atomic E-state index is 0.592. The van der Waals surface area contributed by atoms with Crippen molar-refractivity contribution in [3.05, 3.63) is 39.9 Å². The lowest BCUT2D eigenvalue weighted by molar-refractivity contribution is 1.26. The van der Waals surface area contributed by atoms with Gasteiger partial charge in [0, 0.05) is 11.0 Å². The zero-order chi connectivity index (χ0) is 8.97. The van der Waals surface area contributed by atoms with E-state index >= 15 is 0 Å². The van der Waals surface area contributed by atoms with Crippen LogP contribution in [0.3, 0.4) is 0 Å². The number of nitrogens with two attached hydrogens (primary N) is 1. The average molecular weight is 226 g/mol. The molecule has 0 amide bonds. The number of halogens is 1. The summed E-state index contributed by atoms with van der Waals surface area (Å²) in [7, 11) is 0. The Labute approximate surface area is 81.4 Å². The lowest BCUT2D eigenvalue weighted by atomic mass is 10.1. The molecule has 0 spiro atoms. The molecule has 64 valence electrons. The highest BCUT2D eigenvalue weighted by Gasteiger charge is 1.93. The zero-order valence-corrected chi connectivity index (χ0v) is 8.64. The number of rotatable bonds is 2. The van der Waals surface area contributed by atoms with Crippen LogP contribution in [0.25, 0.3) is 6.08 Å². The minimum Gasteiger partial charge on any atom is -0.327 e. The Hall–Kier alpha value is -0.600. The molecule has 0 atom stereocenters. The summed E-state index contributed by atoms with van der Waals surface area (Å²) in [4.78, 5) is 0. The largest absolute Gasteiger partial charge is 0.327 e. The van der Waals surface area contributed by atoms with Crippen molar-refractivity contribution >= 4 is 22.0 Å². The van der Waals surface area contributed by atoms with Crippen molar-refractivity contribution in [2.75, 3.05) is 6.54 Å². The van der Waals surface area contributed by atoms with Crippen molar-refractivity contribution in [1.29, 1.82) is 0 Å². The van der Waals surface area contributed by atoms with Crippen molar-refractivity contribution in [1.82, 2.24) is 0 Å². The summed E-state index contributed by atoms with van der Waals surface area (Å²) in [5, 5.41) is 0. The first-order valence-electron chi connectivity index (χ1n) is 3.87. The van der Waals surface area contributed by atoms with Gasteiger partial charge in [-0.25, -0.2) is 0 Å². The van der Waals surface area contributed by atoms with Gasteiger partial charge < -0.3 is 5.73 Å².